The van der Waals surface area contributed by atoms with Crippen molar-refractivity contribution in [1.82, 2.24) is 14.5 Å². The predicted octanol–water partition coefficient (Wildman–Crippen LogP) is 10.3. The first-order chi connectivity index (χ1) is 22.8. The van der Waals surface area contributed by atoms with Crippen molar-refractivity contribution in [3.05, 3.63) is 151 Å². The maximum absolute atomic E-state index is 10.4. The molecule has 0 radical (unpaired) electrons. The van der Waals surface area contributed by atoms with E-state index in [2.05, 4.69) is 71.3 Å². The van der Waals surface area contributed by atoms with Gasteiger partial charge < -0.3 is 8.98 Å². The minimum absolute atomic E-state index is 0.444. The molecule has 6 aromatic carbocycles. The molecule has 0 N–H and O–H groups in total. The van der Waals surface area contributed by atoms with Gasteiger partial charge in [-0.3, -0.25) is 0 Å². The lowest BCUT2D eigenvalue weighted by Crippen LogP contribution is -2.01. The summed E-state index contributed by atoms with van der Waals surface area (Å²) >= 11 is 0. The topological polar surface area (TPSA) is 67.6 Å². The Hall–Kier alpha value is -6.51. The molecule has 214 valence electrons. The summed E-state index contributed by atoms with van der Waals surface area (Å²) in [6, 6.07) is 51.5. The summed E-state index contributed by atoms with van der Waals surface area (Å²) in [6.45, 7) is 0. The lowest BCUT2D eigenvalue weighted by Gasteiger charge is -2.13. The fourth-order valence-corrected chi connectivity index (χ4v) is 6.64. The predicted molar refractivity (Wildman–Crippen MR) is 185 cm³/mol. The van der Waals surface area contributed by atoms with E-state index in [1.807, 2.05) is 84.9 Å². The maximum Gasteiger partial charge on any atom is 0.161 e. The van der Waals surface area contributed by atoms with Crippen molar-refractivity contribution in [2.45, 2.75) is 0 Å². The molecule has 9 aromatic rings. The van der Waals surface area contributed by atoms with E-state index in [1.54, 1.807) is 0 Å². The van der Waals surface area contributed by atoms with E-state index >= 15 is 0 Å². The minimum Gasteiger partial charge on any atom is -0.456 e. The molecule has 0 saturated carbocycles. The van der Waals surface area contributed by atoms with Gasteiger partial charge in [0.15, 0.2) is 5.82 Å². The van der Waals surface area contributed by atoms with Crippen molar-refractivity contribution < 1.29 is 4.42 Å². The van der Waals surface area contributed by atoms with Crippen molar-refractivity contribution >= 4 is 43.7 Å². The summed E-state index contributed by atoms with van der Waals surface area (Å²) in [5, 5.41) is 14.7. The van der Waals surface area contributed by atoms with E-state index in [1.165, 1.54) is 10.8 Å². The zero-order chi connectivity index (χ0) is 30.6. The number of rotatable bonds is 4. The normalized spacial score (nSPS) is 11.5. The van der Waals surface area contributed by atoms with Crippen molar-refractivity contribution in [2.75, 3.05) is 0 Å². The van der Waals surface area contributed by atoms with Gasteiger partial charge in [0.25, 0.3) is 0 Å². The number of hydrogen-bond donors (Lipinski definition) is 0. The van der Waals surface area contributed by atoms with Crippen molar-refractivity contribution in [1.29, 1.82) is 5.26 Å². The van der Waals surface area contributed by atoms with Crippen LogP contribution >= 0.6 is 0 Å². The molecule has 0 atom stereocenters. The number of hydrogen-bond acceptors (Lipinski definition) is 4. The molecule has 0 fully saturated rings. The molecule has 5 nitrogen and oxygen atoms in total. The first kappa shape index (κ1) is 25.9. The molecule has 0 unspecified atom stereocenters. The molecule has 0 aliphatic heterocycles. The smallest absolute Gasteiger partial charge is 0.161 e. The number of nitrogens with zero attached hydrogens (tertiary/aromatic N) is 4. The van der Waals surface area contributed by atoms with Gasteiger partial charge in [-0.05, 0) is 36.4 Å². The number of furan rings is 1. The summed E-state index contributed by atoms with van der Waals surface area (Å²) < 4.78 is 8.73. The van der Waals surface area contributed by atoms with Crippen LogP contribution in [0.15, 0.2) is 150 Å². The highest BCUT2D eigenvalue weighted by Gasteiger charge is 2.22. The monoisotopic (exact) mass is 588 g/mol. The van der Waals surface area contributed by atoms with Crippen molar-refractivity contribution in [2.24, 2.45) is 0 Å². The van der Waals surface area contributed by atoms with Crippen LogP contribution in [0.5, 0.6) is 0 Å². The van der Waals surface area contributed by atoms with Gasteiger partial charge in [0.05, 0.1) is 22.4 Å². The third-order valence-electron chi connectivity index (χ3n) is 8.67. The molecule has 0 amide bonds. The number of para-hydroxylation sites is 2. The van der Waals surface area contributed by atoms with Crippen LogP contribution in [-0.4, -0.2) is 14.5 Å². The van der Waals surface area contributed by atoms with E-state index in [4.69, 9.17) is 14.4 Å². The second-order valence-electron chi connectivity index (χ2n) is 11.3. The van der Waals surface area contributed by atoms with Crippen LogP contribution in [0.3, 0.4) is 0 Å². The summed E-state index contributed by atoms with van der Waals surface area (Å²) in [6.07, 6.45) is 0. The van der Waals surface area contributed by atoms with Crippen LogP contribution in [0.4, 0.5) is 0 Å². The molecule has 3 aromatic heterocycles. The molecule has 5 heteroatoms. The van der Waals surface area contributed by atoms with Crippen LogP contribution in [0.1, 0.15) is 5.56 Å². The zero-order valence-electron chi connectivity index (χ0n) is 24.6. The van der Waals surface area contributed by atoms with Crippen LogP contribution in [0.2, 0.25) is 0 Å². The third-order valence-corrected chi connectivity index (χ3v) is 8.67. The van der Waals surface area contributed by atoms with Gasteiger partial charge in [0, 0.05) is 43.9 Å². The van der Waals surface area contributed by atoms with Crippen molar-refractivity contribution in [3.63, 3.8) is 0 Å². The number of fused-ring (bicyclic) bond motifs is 6. The molecule has 9 rings (SSSR count). The molecule has 46 heavy (non-hydrogen) atoms. The fourth-order valence-electron chi connectivity index (χ4n) is 6.64. The quantitative estimate of drug-likeness (QED) is 0.205. The zero-order valence-corrected chi connectivity index (χ0v) is 24.6. The van der Waals surface area contributed by atoms with Crippen LogP contribution < -0.4 is 0 Å². The van der Waals surface area contributed by atoms with Gasteiger partial charge in [0.1, 0.15) is 22.8 Å². The van der Waals surface area contributed by atoms with E-state index in [0.717, 1.165) is 55.3 Å². The summed E-state index contributed by atoms with van der Waals surface area (Å²) in [7, 11) is 0. The van der Waals surface area contributed by atoms with Crippen LogP contribution in [-0.2, 0) is 0 Å². The van der Waals surface area contributed by atoms with E-state index < -0.39 is 0 Å². The third kappa shape index (κ3) is 3.94. The Morgan fingerprint density at radius 1 is 0.543 bits per heavy atom. The highest BCUT2D eigenvalue weighted by atomic mass is 16.3. The number of aromatic nitrogens is 3. The lowest BCUT2D eigenvalue weighted by molar-refractivity contribution is 0.669. The van der Waals surface area contributed by atoms with Gasteiger partial charge in [-0.1, -0.05) is 109 Å². The van der Waals surface area contributed by atoms with E-state index in [-0.39, 0.29) is 0 Å². The highest BCUT2D eigenvalue weighted by Crippen LogP contribution is 2.40. The Balaban J connectivity index is 1.33. The molecular weight excluding hydrogens is 564 g/mol. The van der Waals surface area contributed by atoms with Gasteiger partial charge in [-0.15, -0.1) is 0 Å². The second kappa shape index (κ2) is 10.3. The first-order valence-electron chi connectivity index (χ1n) is 15.2. The highest BCUT2D eigenvalue weighted by molar-refractivity contribution is 6.13. The molecule has 3 heterocycles. The second-order valence-corrected chi connectivity index (χ2v) is 11.3. The Kier molecular flexibility index (Phi) is 5.81. The minimum atomic E-state index is 0.444. The molecule has 0 aliphatic carbocycles. The average molecular weight is 589 g/mol. The number of benzene rings is 6. The molecule has 0 saturated heterocycles. The van der Waals surface area contributed by atoms with Gasteiger partial charge in [0.2, 0.25) is 0 Å². The summed E-state index contributed by atoms with van der Waals surface area (Å²) in [5.74, 6) is 0.535. The van der Waals surface area contributed by atoms with Crippen LogP contribution in [0.25, 0.3) is 83.3 Å². The Morgan fingerprint density at radius 2 is 1.13 bits per heavy atom. The molecular formula is C41H24N4O. The van der Waals surface area contributed by atoms with Gasteiger partial charge >= 0.3 is 0 Å². The molecule has 0 bridgehead atoms. The molecule has 0 aliphatic rings. The Morgan fingerprint density at radius 3 is 1.74 bits per heavy atom. The molecule has 0 spiro atoms. The largest absolute Gasteiger partial charge is 0.456 e. The van der Waals surface area contributed by atoms with Gasteiger partial charge in [-0.2, -0.15) is 5.26 Å². The fraction of sp³-hybridized carbons (Fsp3) is 0. The van der Waals surface area contributed by atoms with E-state index in [0.29, 0.717) is 22.8 Å². The lowest BCUT2D eigenvalue weighted by atomic mass is 9.99. The summed E-state index contributed by atoms with van der Waals surface area (Å²) in [4.78, 5) is 10.2. The van der Waals surface area contributed by atoms with Crippen molar-refractivity contribution in [3.8, 4) is 45.7 Å². The van der Waals surface area contributed by atoms with Crippen LogP contribution in [0, 0.1) is 11.3 Å². The SMILES string of the molecule is N#Cc1c(-c2ccccc2)nc(-c2cccc3oc4ccc(-n5c6ccccc6c6ccccc65)cc4c23)nc1-c1ccccc1. The van der Waals surface area contributed by atoms with E-state index in [9.17, 15) is 5.26 Å². The standard InChI is InChI=1S/C41H24N4O/c42-25-33-39(26-12-3-1-4-13-26)43-41(44-40(33)27-14-5-2-6-15-27)31-18-11-21-37-38(31)32-24-28(22-23-36(32)46-37)45-34-19-9-7-16-29(34)30-17-8-10-20-35(30)45/h1-24H. The Labute approximate surface area is 264 Å². The Bertz CT molecular complexity index is 2530. The maximum atomic E-state index is 10.4. The first-order valence-corrected chi connectivity index (χ1v) is 15.2. The van der Waals surface area contributed by atoms with Gasteiger partial charge in [-0.25, -0.2) is 9.97 Å². The summed E-state index contributed by atoms with van der Waals surface area (Å²) in [5.41, 5.74) is 9.07. The average Bonchev–Trinajstić information content (AvgIpc) is 3.67. The number of nitriles is 1.